The Morgan fingerprint density at radius 1 is 0.731 bits per heavy atom. The van der Waals surface area contributed by atoms with Gasteiger partial charge in [0.1, 0.15) is 0 Å². The van der Waals surface area contributed by atoms with Crippen molar-refractivity contribution in [2.45, 2.75) is 24.4 Å². The number of aliphatic hydroxyl groups is 1. The maximum atomic E-state index is 11.3. The molecule has 0 aliphatic rings. The number of carboxylic acid groups (broad SMARTS) is 1. The molecule has 0 radical (unpaired) electrons. The van der Waals surface area contributed by atoms with Gasteiger partial charge in [0, 0.05) is 6.42 Å². The number of aliphatic carboxylic acids is 1. The first kappa shape index (κ1) is 17.9. The molecule has 0 fully saturated rings. The van der Waals surface area contributed by atoms with Gasteiger partial charge in [-0.15, -0.1) is 0 Å². The van der Waals surface area contributed by atoms with Crippen molar-refractivity contribution in [1.82, 2.24) is 0 Å². The molecule has 3 heteroatoms. The Bertz CT molecular complexity index is 732. The van der Waals surface area contributed by atoms with E-state index in [1.165, 1.54) is 0 Å². The summed E-state index contributed by atoms with van der Waals surface area (Å²) in [6, 6.07) is 29.4. The predicted octanol–water partition coefficient (Wildman–Crippen LogP) is 4.25. The molecule has 1 atom stereocenters. The van der Waals surface area contributed by atoms with Crippen molar-refractivity contribution >= 4 is 5.97 Å². The summed E-state index contributed by atoms with van der Waals surface area (Å²) in [6.07, 6.45) is -0.811. The van der Waals surface area contributed by atoms with Crippen molar-refractivity contribution < 1.29 is 15.0 Å². The van der Waals surface area contributed by atoms with E-state index in [1.54, 1.807) is 0 Å². The predicted molar refractivity (Wildman–Crippen MR) is 102 cm³/mol. The fraction of sp³-hybridized carbons (Fsp3) is 0.174. The fourth-order valence-corrected chi connectivity index (χ4v) is 3.66. The number of carboxylic acids is 1. The highest BCUT2D eigenvalue weighted by Gasteiger charge is 2.42. The molecule has 0 bridgehead atoms. The first-order valence-electron chi connectivity index (χ1n) is 8.72. The van der Waals surface area contributed by atoms with E-state index in [1.807, 2.05) is 91.0 Å². The Labute approximate surface area is 153 Å². The van der Waals surface area contributed by atoms with Crippen molar-refractivity contribution in [1.29, 1.82) is 0 Å². The standard InChI is InChI=1S/C23H22O3/c24-21(16-17-22(25)26)23(18-10-4-1-5-11-18,19-12-6-2-7-13-19)20-14-8-3-9-15-20/h1-15,21,24H,16-17H2,(H,25,26). The smallest absolute Gasteiger partial charge is 0.303 e. The summed E-state index contributed by atoms with van der Waals surface area (Å²) < 4.78 is 0. The molecule has 2 N–H and O–H groups in total. The lowest BCUT2D eigenvalue weighted by molar-refractivity contribution is -0.137. The molecule has 0 aliphatic heterocycles. The van der Waals surface area contributed by atoms with Crippen LogP contribution in [0.25, 0.3) is 0 Å². The van der Waals surface area contributed by atoms with E-state index in [0.717, 1.165) is 16.7 Å². The lowest BCUT2D eigenvalue weighted by Gasteiger charge is -2.40. The molecule has 1 unspecified atom stereocenters. The van der Waals surface area contributed by atoms with Gasteiger partial charge in [0.15, 0.2) is 0 Å². The van der Waals surface area contributed by atoms with Crippen LogP contribution in [0.3, 0.4) is 0 Å². The molecule has 132 valence electrons. The largest absolute Gasteiger partial charge is 0.481 e. The first-order valence-corrected chi connectivity index (χ1v) is 8.72. The third-order valence-electron chi connectivity index (χ3n) is 4.82. The summed E-state index contributed by atoms with van der Waals surface area (Å²) in [7, 11) is 0. The van der Waals surface area contributed by atoms with Crippen LogP contribution in [0.4, 0.5) is 0 Å². The van der Waals surface area contributed by atoms with Crippen LogP contribution in [0.2, 0.25) is 0 Å². The minimum absolute atomic E-state index is 0.0879. The highest BCUT2D eigenvalue weighted by Crippen LogP contribution is 2.43. The molecule has 26 heavy (non-hydrogen) atoms. The zero-order valence-corrected chi connectivity index (χ0v) is 14.5. The van der Waals surface area contributed by atoms with Gasteiger partial charge in [-0.25, -0.2) is 0 Å². The topological polar surface area (TPSA) is 57.5 Å². The van der Waals surface area contributed by atoms with Crippen LogP contribution in [-0.2, 0) is 10.2 Å². The number of aliphatic hydroxyl groups excluding tert-OH is 1. The van der Waals surface area contributed by atoms with Crippen molar-refractivity contribution in [3.05, 3.63) is 108 Å². The molecule has 0 saturated carbocycles. The van der Waals surface area contributed by atoms with Crippen molar-refractivity contribution in [3.8, 4) is 0 Å². The molecule has 0 saturated heterocycles. The minimum Gasteiger partial charge on any atom is -0.481 e. The van der Waals surface area contributed by atoms with E-state index >= 15 is 0 Å². The Balaban J connectivity index is 2.26. The maximum Gasteiger partial charge on any atom is 0.303 e. The van der Waals surface area contributed by atoms with E-state index in [0.29, 0.717) is 0 Å². The van der Waals surface area contributed by atoms with E-state index < -0.39 is 17.5 Å². The monoisotopic (exact) mass is 346 g/mol. The highest BCUT2D eigenvalue weighted by atomic mass is 16.4. The van der Waals surface area contributed by atoms with Gasteiger partial charge >= 0.3 is 5.97 Å². The van der Waals surface area contributed by atoms with Crippen molar-refractivity contribution in [2.24, 2.45) is 0 Å². The molecular weight excluding hydrogens is 324 g/mol. The lowest BCUT2D eigenvalue weighted by atomic mass is 9.65. The zero-order valence-electron chi connectivity index (χ0n) is 14.5. The van der Waals surface area contributed by atoms with Gasteiger partial charge in [-0.3, -0.25) is 4.79 Å². The number of hydrogen-bond acceptors (Lipinski definition) is 2. The summed E-state index contributed by atoms with van der Waals surface area (Å²) in [5.41, 5.74) is 1.99. The molecule has 0 aliphatic carbocycles. The molecular formula is C23H22O3. The summed E-state index contributed by atoms with van der Waals surface area (Å²) in [4.78, 5) is 11.1. The van der Waals surface area contributed by atoms with Gasteiger partial charge in [-0.1, -0.05) is 91.0 Å². The number of rotatable bonds is 7. The van der Waals surface area contributed by atoms with E-state index in [-0.39, 0.29) is 12.8 Å². The second kappa shape index (κ2) is 7.98. The SMILES string of the molecule is O=C(O)CCC(O)C(c1ccccc1)(c1ccccc1)c1ccccc1. The van der Waals surface area contributed by atoms with Gasteiger partial charge in [0.05, 0.1) is 11.5 Å². The summed E-state index contributed by atoms with van der Waals surface area (Å²) >= 11 is 0. The van der Waals surface area contributed by atoms with Crippen molar-refractivity contribution in [2.75, 3.05) is 0 Å². The van der Waals surface area contributed by atoms with Crippen LogP contribution < -0.4 is 0 Å². The van der Waals surface area contributed by atoms with Gasteiger partial charge in [-0.2, -0.15) is 0 Å². The van der Waals surface area contributed by atoms with Crippen LogP contribution in [0.15, 0.2) is 91.0 Å². The minimum atomic E-state index is -0.910. The maximum absolute atomic E-state index is 11.3. The molecule has 0 amide bonds. The number of hydrogen-bond donors (Lipinski definition) is 2. The quantitative estimate of drug-likeness (QED) is 0.629. The Morgan fingerprint density at radius 3 is 1.38 bits per heavy atom. The second-order valence-corrected chi connectivity index (χ2v) is 6.35. The van der Waals surface area contributed by atoms with Gasteiger partial charge < -0.3 is 10.2 Å². The van der Waals surface area contributed by atoms with E-state index in [9.17, 15) is 9.90 Å². The Hall–Kier alpha value is -2.91. The molecule has 3 rings (SSSR count). The normalized spacial score (nSPS) is 12.5. The van der Waals surface area contributed by atoms with Gasteiger partial charge in [0.2, 0.25) is 0 Å². The Morgan fingerprint density at radius 2 is 1.08 bits per heavy atom. The van der Waals surface area contributed by atoms with Gasteiger partial charge in [-0.05, 0) is 23.1 Å². The average molecular weight is 346 g/mol. The van der Waals surface area contributed by atoms with Crippen LogP contribution in [0, 0.1) is 0 Å². The summed E-state index contributed by atoms with van der Waals surface area (Å²) in [5, 5.41) is 20.4. The summed E-state index contributed by atoms with van der Waals surface area (Å²) in [6.45, 7) is 0. The second-order valence-electron chi connectivity index (χ2n) is 6.35. The molecule has 3 nitrogen and oxygen atoms in total. The summed E-state index contributed by atoms with van der Waals surface area (Å²) in [5.74, 6) is -0.910. The zero-order chi connectivity index (χ0) is 18.4. The van der Waals surface area contributed by atoms with Crippen LogP contribution >= 0.6 is 0 Å². The highest BCUT2D eigenvalue weighted by molar-refractivity contribution is 5.67. The third-order valence-corrected chi connectivity index (χ3v) is 4.82. The van der Waals surface area contributed by atoms with E-state index in [4.69, 9.17) is 5.11 Å². The third kappa shape index (κ3) is 3.39. The molecule has 0 aromatic heterocycles. The lowest BCUT2D eigenvalue weighted by Crippen LogP contribution is -2.42. The number of carbonyl (C=O) groups is 1. The van der Waals surface area contributed by atoms with Crippen LogP contribution in [-0.4, -0.2) is 22.3 Å². The first-order chi connectivity index (χ1) is 12.7. The molecule has 3 aromatic carbocycles. The van der Waals surface area contributed by atoms with Crippen LogP contribution in [0.1, 0.15) is 29.5 Å². The fourth-order valence-electron chi connectivity index (χ4n) is 3.66. The Kier molecular flexibility index (Phi) is 5.49. The molecule has 0 heterocycles. The molecule has 0 spiro atoms. The molecule has 3 aromatic rings. The van der Waals surface area contributed by atoms with Crippen LogP contribution in [0.5, 0.6) is 0 Å². The average Bonchev–Trinajstić information content (AvgIpc) is 2.69. The number of benzene rings is 3. The van der Waals surface area contributed by atoms with E-state index in [2.05, 4.69) is 0 Å². The van der Waals surface area contributed by atoms with Gasteiger partial charge in [0.25, 0.3) is 0 Å². The van der Waals surface area contributed by atoms with Crippen molar-refractivity contribution in [3.63, 3.8) is 0 Å².